The Morgan fingerprint density at radius 1 is 1.19 bits per heavy atom. The number of amides is 1. The van der Waals surface area contributed by atoms with Crippen molar-refractivity contribution in [3.63, 3.8) is 0 Å². The van der Waals surface area contributed by atoms with Crippen LogP contribution >= 0.6 is 11.8 Å². The molecule has 3 rings (SSSR count). The monoisotopic (exact) mass is 447 g/mol. The number of nitro benzene ring substituents is 1. The summed E-state index contributed by atoms with van der Waals surface area (Å²) < 4.78 is 10.4. The highest BCUT2D eigenvalue weighted by Gasteiger charge is 2.49. The maximum Gasteiger partial charge on any atom is 0.338 e. The number of esters is 2. The Balaban J connectivity index is 2.32. The first kappa shape index (κ1) is 22.3. The molecule has 1 aromatic carbocycles. The SMILES string of the molecule is CCOC(=O)C1=C(N)N2C(=O)[C@@H](C)SC2=C(C(=O)OCC)[C@@H]1c1cccc([N+](=O)[O-])c1. The first-order valence-electron chi connectivity index (χ1n) is 9.55. The molecule has 0 aromatic heterocycles. The predicted molar refractivity (Wildman–Crippen MR) is 111 cm³/mol. The second-order valence-electron chi connectivity index (χ2n) is 6.68. The lowest BCUT2D eigenvalue weighted by molar-refractivity contribution is -0.384. The van der Waals surface area contributed by atoms with Crippen LogP contribution in [0.5, 0.6) is 0 Å². The van der Waals surface area contributed by atoms with Gasteiger partial charge in [-0.2, -0.15) is 0 Å². The highest BCUT2D eigenvalue weighted by Crippen LogP contribution is 2.50. The van der Waals surface area contributed by atoms with Crippen LogP contribution in [-0.4, -0.2) is 46.1 Å². The molecule has 0 bridgehead atoms. The molecule has 0 aliphatic carbocycles. The summed E-state index contributed by atoms with van der Waals surface area (Å²) in [5.74, 6) is -3.23. The van der Waals surface area contributed by atoms with Gasteiger partial charge in [0.1, 0.15) is 5.82 Å². The summed E-state index contributed by atoms with van der Waals surface area (Å²) in [5, 5.41) is 11.0. The van der Waals surface area contributed by atoms with E-state index in [1.807, 2.05) is 0 Å². The third-order valence-electron chi connectivity index (χ3n) is 4.79. The van der Waals surface area contributed by atoms with Crippen molar-refractivity contribution in [2.24, 2.45) is 5.73 Å². The molecule has 1 aromatic rings. The van der Waals surface area contributed by atoms with Gasteiger partial charge in [-0.1, -0.05) is 23.9 Å². The number of carbonyl (C=O) groups is 3. The van der Waals surface area contributed by atoms with Gasteiger partial charge in [-0.3, -0.25) is 19.8 Å². The number of ether oxygens (including phenoxy) is 2. The summed E-state index contributed by atoms with van der Waals surface area (Å²) in [6.07, 6.45) is 0. The highest BCUT2D eigenvalue weighted by atomic mass is 32.2. The fraction of sp³-hybridized carbons (Fsp3) is 0.350. The Hall–Kier alpha value is -3.34. The molecule has 2 aliphatic heterocycles. The predicted octanol–water partition coefficient (Wildman–Crippen LogP) is 2.16. The van der Waals surface area contributed by atoms with Crippen molar-refractivity contribution in [2.75, 3.05) is 13.2 Å². The third kappa shape index (κ3) is 3.88. The summed E-state index contributed by atoms with van der Waals surface area (Å²) in [6.45, 7) is 4.96. The molecule has 1 fully saturated rings. The number of thioether (sulfide) groups is 1. The van der Waals surface area contributed by atoms with Crippen molar-refractivity contribution in [2.45, 2.75) is 31.9 Å². The zero-order valence-electron chi connectivity index (χ0n) is 17.1. The van der Waals surface area contributed by atoms with E-state index in [4.69, 9.17) is 15.2 Å². The van der Waals surface area contributed by atoms with Crippen LogP contribution in [0.4, 0.5) is 5.69 Å². The number of hydrogen-bond donors (Lipinski definition) is 1. The van der Waals surface area contributed by atoms with E-state index in [9.17, 15) is 24.5 Å². The molecular formula is C20H21N3O7S. The minimum absolute atomic E-state index is 0.0160. The number of nitro groups is 1. The summed E-state index contributed by atoms with van der Waals surface area (Å²) >= 11 is 1.11. The van der Waals surface area contributed by atoms with Gasteiger partial charge in [0, 0.05) is 12.1 Å². The Labute approximate surface area is 182 Å². The van der Waals surface area contributed by atoms with Crippen molar-refractivity contribution in [3.8, 4) is 0 Å². The van der Waals surface area contributed by atoms with Crippen molar-refractivity contribution < 1.29 is 28.8 Å². The summed E-state index contributed by atoms with van der Waals surface area (Å²) in [5.41, 5.74) is 6.19. The van der Waals surface area contributed by atoms with Gasteiger partial charge in [0.25, 0.3) is 5.69 Å². The molecule has 0 spiro atoms. The van der Waals surface area contributed by atoms with Gasteiger partial charge >= 0.3 is 11.9 Å². The van der Waals surface area contributed by atoms with Crippen LogP contribution in [0, 0.1) is 10.1 Å². The zero-order chi connectivity index (χ0) is 22.9. The normalized spacial score (nSPS) is 20.6. The second kappa shape index (κ2) is 8.80. The highest BCUT2D eigenvalue weighted by molar-refractivity contribution is 8.04. The molecule has 2 atom stereocenters. The maximum atomic E-state index is 13.0. The van der Waals surface area contributed by atoms with Crippen molar-refractivity contribution in [3.05, 3.63) is 61.9 Å². The number of rotatable bonds is 6. The largest absolute Gasteiger partial charge is 0.463 e. The average molecular weight is 447 g/mol. The van der Waals surface area contributed by atoms with Gasteiger partial charge < -0.3 is 15.2 Å². The smallest absolute Gasteiger partial charge is 0.338 e. The first-order chi connectivity index (χ1) is 14.7. The van der Waals surface area contributed by atoms with Gasteiger partial charge in [-0.15, -0.1) is 0 Å². The number of fused-ring (bicyclic) bond motifs is 1. The van der Waals surface area contributed by atoms with Crippen LogP contribution < -0.4 is 5.73 Å². The fourth-order valence-electron chi connectivity index (χ4n) is 3.50. The Morgan fingerprint density at radius 2 is 1.81 bits per heavy atom. The molecule has 0 unspecified atom stereocenters. The molecule has 2 heterocycles. The van der Waals surface area contributed by atoms with E-state index in [-0.39, 0.29) is 46.5 Å². The summed E-state index contributed by atoms with van der Waals surface area (Å²) in [7, 11) is 0. The van der Waals surface area contributed by atoms with Gasteiger partial charge in [0.05, 0.1) is 45.5 Å². The molecule has 0 radical (unpaired) electrons. The van der Waals surface area contributed by atoms with Crippen LogP contribution in [0.2, 0.25) is 0 Å². The van der Waals surface area contributed by atoms with Crippen molar-refractivity contribution >= 4 is 35.3 Å². The van der Waals surface area contributed by atoms with Gasteiger partial charge in [-0.25, -0.2) is 9.59 Å². The van der Waals surface area contributed by atoms with E-state index in [2.05, 4.69) is 0 Å². The summed E-state index contributed by atoms with van der Waals surface area (Å²) in [6, 6.07) is 5.55. The lowest BCUT2D eigenvalue weighted by Crippen LogP contribution is -2.40. The summed E-state index contributed by atoms with van der Waals surface area (Å²) in [4.78, 5) is 50.5. The lowest BCUT2D eigenvalue weighted by Gasteiger charge is -2.33. The molecule has 2 N–H and O–H groups in total. The second-order valence-corrected chi connectivity index (χ2v) is 8.01. The Kier molecular flexibility index (Phi) is 6.34. The van der Waals surface area contributed by atoms with E-state index < -0.39 is 33.9 Å². The van der Waals surface area contributed by atoms with E-state index in [1.165, 1.54) is 18.2 Å². The number of nitrogens with zero attached hydrogens (tertiary/aromatic N) is 2. The van der Waals surface area contributed by atoms with Gasteiger partial charge in [-0.05, 0) is 26.3 Å². The molecular weight excluding hydrogens is 426 g/mol. The quantitative estimate of drug-likeness (QED) is 0.394. The minimum atomic E-state index is -1.10. The molecule has 1 saturated heterocycles. The number of nitrogens with two attached hydrogens (primary N) is 1. The fourth-order valence-corrected chi connectivity index (χ4v) is 4.66. The number of non-ortho nitro benzene ring substituents is 1. The standard InChI is InChI=1S/C20H21N3O7S/c1-4-29-19(25)14-13(11-7-6-8-12(9-11)23(27)28)15(20(26)30-5-2)18-22(16(14)21)17(24)10(3)31-18/h6-10,13H,4-5,21H2,1-3H3/t10-,13-/m1/s1. The number of benzene rings is 1. The van der Waals surface area contributed by atoms with E-state index >= 15 is 0 Å². The Bertz CT molecular complexity index is 1030. The van der Waals surface area contributed by atoms with E-state index in [0.717, 1.165) is 16.7 Å². The van der Waals surface area contributed by atoms with E-state index in [0.29, 0.717) is 0 Å². The topological polar surface area (TPSA) is 142 Å². The van der Waals surface area contributed by atoms with E-state index in [1.54, 1.807) is 26.8 Å². The van der Waals surface area contributed by atoms with Crippen molar-refractivity contribution in [1.82, 2.24) is 4.90 Å². The van der Waals surface area contributed by atoms with Gasteiger partial charge in [0.2, 0.25) is 5.91 Å². The molecule has 31 heavy (non-hydrogen) atoms. The maximum absolute atomic E-state index is 13.0. The molecule has 1 amide bonds. The van der Waals surface area contributed by atoms with Crippen molar-refractivity contribution in [1.29, 1.82) is 0 Å². The van der Waals surface area contributed by atoms with Crippen LogP contribution in [0.1, 0.15) is 32.3 Å². The molecule has 0 saturated carbocycles. The number of hydrogen-bond acceptors (Lipinski definition) is 9. The third-order valence-corrected chi connectivity index (χ3v) is 5.97. The molecule has 2 aliphatic rings. The average Bonchev–Trinajstić information content (AvgIpc) is 3.02. The Morgan fingerprint density at radius 3 is 2.39 bits per heavy atom. The van der Waals surface area contributed by atoms with Crippen LogP contribution in [-0.2, 0) is 23.9 Å². The van der Waals surface area contributed by atoms with Crippen LogP contribution in [0.25, 0.3) is 0 Å². The molecule has 11 heteroatoms. The number of carbonyl (C=O) groups excluding carboxylic acids is 3. The lowest BCUT2D eigenvalue weighted by atomic mass is 9.82. The minimum Gasteiger partial charge on any atom is -0.463 e. The van der Waals surface area contributed by atoms with Crippen LogP contribution in [0.3, 0.4) is 0 Å². The van der Waals surface area contributed by atoms with Crippen LogP contribution in [0.15, 0.2) is 46.3 Å². The van der Waals surface area contributed by atoms with Gasteiger partial charge in [0.15, 0.2) is 0 Å². The molecule has 164 valence electrons. The zero-order valence-corrected chi connectivity index (χ0v) is 17.9. The first-order valence-corrected chi connectivity index (χ1v) is 10.4. The molecule has 10 nitrogen and oxygen atoms in total.